The van der Waals surface area contributed by atoms with E-state index < -0.39 is 5.60 Å². The van der Waals surface area contributed by atoms with E-state index in [1.54, 1.807) is 0 Å². The van der Waals surface area contributed by atoms with E-state index in [4.69, 9.17) is 24.1 Å². The summed E-state index contributed by atoms with van der Waals surface area (Å²) in [4.78, 5) is 0. The van der Waals surface area contributed by atoms with Crippen LogP contribution in [0.15, 0.2) is 24.3 Å². The van der Waals surface area contributed by atoms with Crippen molar-refractivity contribution in [2.45, 2.75) is 37.7 Å². The predicted octanol–water partition coefficient (Wildman–Crippen LogP) is 2.16. The molecule has 6 heteroatoms. The fourth-order valence-electron chi connectivity index (χ4n) is 2.85. The Kier molecular flexibility index (Phi) is 9.04. The summed E-state index contributed by atoms with van der Waals surface area (Å²) in [5.74, 6) is 1.30. The van der Waals surface area contributed by atoms with E-state index in [9.17, 15) is 5.11 Å². The van der Waals surface area contributed by atoms with Gasteiger partial charge in [-0.3, -0.25) is 0 Å². The van der Waals surface area contributed by atoms with Crippen LogP contribution in [0.25, 0.3) is 0 Å². The number of hydrogen-bond donors (Lipinski definition) is 2. The van der Waals surface area contributed by atoms with Gasteiger partial charge in [0.15, 0.2) is 11.5 Å². The molecule has 0 aliphatic heterocycles. The van der Waals surface area contributed by atoms with Gasteiger partial charge in [0.05, 0.1) is 38.6 Å². The molecule has 0 amide bonds. The highest BCUT2D eigenvalue weighted by Gasteiger charge is 2.30. The second-order valence-corrected chi connectivity index (χ2v) is 6.32. The number of rotatable bonds is 12. The number of aliphatic hydroxyl groups excluding tert-OH is 1. The van der Waals surface area contributed by atoms with Crippen molar-refractivity contribution in [2.75, 3.05) is 46.2 Å². The SMILES string of the molecule is OCCOCCOCCOc1ccccc1OCC1(O)CCCCC1. The Hall–Kier alpha value is -1.34. The van der Waals surface area contributed by atoms with Crippen molar-refractivity contribution in [2.24, 2.45) is 0 Å². The Morgan fingerprint density at radius 2 is 1.40 bits per heavy atom. The number of aliphatic hydroxyl groups is 2. The topological polar surface area (TPSA) is 77.4 Å². The molecule has 1 aromatic carbocycles. The normalized spacial score (nSPS) is 16.6. The lowest BCUT2D eigenvalue weighted by atomic mass is 9.85. The summed E-state index contributed by atoms with van der Waals surface area (Å²) in [6.45, 7) is 2.43. The molecule has 0 atom stereocenters. The van der Waals surface area contributed by atoms with Crippen LogP contribution in [0.2, 0.25) is 0 Å². The molecule has 1 aromatic rings. The van der Waals surface area contributed by atoms with Crippen molar-refractivity contribution in [1.82, 2.24) is 0 Å². The van der Waals surface area contributed by atoms with E-state index in [-0.39, 0.29) is 6.61 Å². The summed E-state index contributed by atoms with van der Waals surface area (Å²) in [6, 6.07) is 7.49. The van der Waals surface area contributed by atoms with Crippen LogP contribution in [0.3, 0.4) is 0 Å². The first-order valence-corrected chi connectivity index (χ1v) is 9.07. The lowest BCUT2D eigenvalue weighted by molar-refractivity contribution is -0.0346. The van der Waals surface area contributed by atoms with Crippen LogP contribution in [-0.2, 0) is 9.47 Å². The Morgan fingerprint density at radius 1 is 0.800 bits per heavy atom. The third-order valence-corrected chi connectivity index (χ3v) is 4.22. The summed E-state index contributed by atoms with van der Waals surface area (Å²) in [5.41, 5.74) is -0.719. The minimum Gasteiger partial charge on any atom is -0.487 e. The molecule has 1 aliphatic rings. The van der Waals surface area contributed by atoms with Gasteiger partial charge in [0.1, 0.15) is 13.2 Å². The van der Waals surface area contributed by atoms with Crippen LogP contribution in [0, 0.1) is 0 Å². The van der Waals surface area contributed by atoms with Crippen molar-refractivity contribution >= 4 is 0 Å². The van der Waals surface area contributed by atoms with Gasteiger partial charge in [-0.05, 0) is 25.0 Å². The molecule has 6 nitrogen and oxygen atoms in total. The van der Waals surface area contributed by atoms with E-state index in [0.717, 1.165) is 25.7 Å². The van der Waals surface area contributed by atoms with Crippen LogP contribution in [-0.4, -0.2) is 62.1 Å². The second kappa shape index (κ2) is 11.3. The molecule has 1 fully saturated rings. The smallest absolute Gasteiger partial charge is 0.161 e. The second-order valence-electron chi connectivity index (χ2n) is 6.32. The van der Waals surface area contributed by atoms with Crippen molar-refractivity contribution in [1.29, 1.82) is 0 Å². The maximum absolute atomic E-state index is 10.5. The van der Waals surface area contributed by atoms with Gasteiger partial charge in [0.2, 0.25) is 0 Å². The highest BCUT2D eigenvalue weighted by atomic mass is 16.6. The quantitative estimate of drug-likeness (QED) is 0.560. The predicted molar refractivity (Wildman–Crippen MR) is 94.2 cm³/mol. The minimum atomic E-state index is -0.719. The first kappa shape index (κ1) is 20.0. The lowest BCUT2D eigenvalue weighted by Gasteiger charge is -2.31. The van der Waals surface area contributed by atoms with Gasteiger partial charge in [-0.25, -0.2) is 0 Å². The van der Waals surface area contributed by atoms with Gasteiger partial charge in [-0.2, -0.15) is 0 Å². The third-order valence-electron chi connectivity index (χ3n) is 4.22. The van der Waals surface area contributed by atoms with E-state index >= 15 is 0 Å². The van der Waals surface area contributed by atoms with E-state index in [1.807, 2.05) is 24.3 Å². The van der Waals surface area contributed by atoms with Gasteiger partial charge in [0, 0.05) is 0 Å². The Morgan fingerprint density at radius 3 is 2.08 bits per heavy atom. The van der Waals surface area contributed by atoms with Gasteiger partial charge in [0.25, 0.3) is 0 Å². The third kappa shape index (κ3) is 7.61. The fraction of sp³-hybridized carbons (Fsp3) is 0.684. The van der Waals surface area contributed by atoms with E-state index in [1.165, 1.54) is 6.42 Å². The highest BCUT2D eigenvalue weighted by Crippen LogP contribution is 2.31. The molecule has 2 N–H and O–H groups in total. The molecular formula is C19H30O6. The fourth-order valence-corrected chi connectivity index (χ4v) is 2.85. The van der Waals surface area contributed by atoms with Crippen molar-refractivity contribution in [3.63, 3.8) is 0 Å². The number of hydrogen-bond acceptors (Lipinski definition) is 6. The molecule has 0 unspecified atom stereocenters. The Bertz CT molecular complexity index is 473. The average Bonchev–Trinajstić information content (AvgIpc) is 2.64. The van der Waals surface area contributed by atoms with Gasteiger partial charge in [-0.15, -0.1) is 0 Å². The van der Waals surface area contributed by atoms with Crippen molar-refractivity contribution in [3.05, 3.63) is 24.3 Å². The number of para-hydroxylation sites is 2. The molecule has 0 heterocycles. The van der Waals surface area contributed by atoms with Gasteiger partial charge >= 0.3 is 0 Å². The molecule has 0 aromatic heterocycles. The maximum atomic E-state index is 10.5. The van der Waals surface area contributed by atoms with Crippen LogP contribution in [0.5, 0.6) is 11.5 Å². The summed E-state index contributed by atoms with van der Waals surface area (Å²) in [7, 11) is 0. The zero-order chi connectivity index (χ0) is 17.8. The van der Waals surface area contributed by atoms with Crippen LogP contribution in [0.1, 0.15) is 32.1 Å². The van der Waals surface area contributed by atoms with Crippen LogP contribution >= 0.6 is 0 Å². The summed E-state index contributed by atoms with van der Waals surface area (Å²) >= 11 is 0. The molecule has 0 saturated heterocycles. The first-order valence-electron chi connectivity index (χ1n) is 9.07. The molecule has 0 radical (unpaired) electrons. The summed E-state index contributed by atoms with van der Waals surface area (Å²) in [6.07, 6.45) is 4.88. The maximum Gasteiger partial charge on any atom is 0.161 e. The largest absolute Gasteiger partial charge is 0.487 e. The highest BCUT2D eigenvalue weighted by molar-refractivity contribution is 5.39. The lowest BCUT2D eigenvalue weighted by Crippen LogP contribution is -2.37. The van der Waals surface area contributed by atoms with Gasteiger partial charge in [-0.1, -0.05) is 31.4 Å². The Balaban J connectivity index is 1.69. The van der Waals surface area contributed by atoms with E-state index in [2.05, 4.69) is 0 Å². The number of ether oxygens (including phenoxy) is 4. The molecule has 25 heavy (non-hydrogen) atoms. The zero-order valence-electron chi connectivity index (χ0n) is 14.8. The first-order chi connectivity index (χ1) is 12.2. The molecule has 0 bridgehead atoms. The molecule has 1 aliphatic carbocycles. The average molecular weight is 354 g/mol. The standard InChI is InChI=1S/C19H30O6/c20-10-11-22-12-13-23-14-15-24-17-6-2-3-7-18(17)25-16-19(21)8-4-1-5-9-19/h2-3,6-7,20-21H,1,4-5,8-16H2. The molecular weight excluding hydrogens is 324 g/mol. The molecule has 1 saturated carbocycles. The van der Waals surface area contributed by atoms with Crippen LogP contribution < -0.4 is 9.47 Å². The summed E-state index contributed by atoms with van der Waals surface area (Å²) < 4.78 is 22.1. The zero-order valence-corrected chi connectivity index (χ0v) is 14.8. The van der Waals surface area contributed by atoms with Gasteiger partial charge < -0.3 is 29.2 Å². The van der Waals surface area contributed by atoms with Crippen LogP contribution in [0.4, 0.5) is 0 Å². The van der Waals surface area contributed by atoms with Crippen molar-refractivity contribution in [3.8, 4) is 11.5 Å². The summed E-state index contributed by atoms with van der Waals surface area (Å²) in [5, 5.41) is 19.1. The minimum absolute atomic E-state index is 0.0228. The van der Waals surface area contributed by atoms with E-state index in [0.29, 0.717) is 51.1 Å². The molecule has 0 spiro atoms. The molecule has 2 rings (SSSR count). The molecule has 142 valence electrons. The number of benzene rings is 1. The monoisotopic (exact) mass is 354 g/mol. The Labute approximate surface area is 149 Å². The van der Waals surface area contributed by atoms with Crippen molar-refractivity contribution < 1.29 is 29.2 Å².